The molecule has 106 valence electrons. The van der Waals surface area contributed by atoms with Crippen LogP contribution < -0.4 is 5.32 Å². The molecule has 4 nitrogen and oxygen atoms in total. The normalized spacial score (nSPS) is 12.4. The molecule has 0 aliphatic heterocycles. The van der Waals surface area contributed by atoms with Crippen molar-refractivity contribution < 1.29 is 4.79 Å². The minimum atomic E-state index is -0.202. The summed E-state index contributed by atoms with van der Waals surface area (Å²) < 4.78 is 0. The van der Waals surface area contributed by atoms with Crippen LogP contribution in [-0.2, 0) is 0 Å². The lowest BCUT2D eigenvalue weighted by molar-refractivity contribution is 0.0942. The van der Waals surface area contributed by atoms with E-state index in [-0.39, 0.29) is 17.1 Å². The van der Waals surface area contributed by atoms with Crippen LogP contribution in [0.3, 0.4) is 0 Å². The van der Waals surface area contributed by atoms with Gasteiger partial charge in [0.15, 0.2) is 0 Å². The molecule has 0 aromatic carbocycles. The number of hydrogen-bond donors (Lipinski definition) is 1. The zero-order valence-electron chi connectivity index (χ0n) is 11.3. The minimum Gasteiger partial charge on any atom is -0.350 e. The molecule has 1 atom stereocenters. The van der Waals surface area contributed by atoms with Gasteiger partial charge in [-0.25, -0.2) is 4.98 Å². The van der Waals surface area contributed by atoms with Crippen LogP contribution in [0.2, 0.25) is 5.15 Å². The molecular weight excluding hydrogens is 294 g/mol. The van der Waals surface area contributed by atoms with E-state index in [4.69, 9.17) is 11.6 Å². The van der Waals surface area contributed by atoms with Gasteiger partial charge in [-0.3, -0.25) is 4.79 Å². The second-order valence-corrected chi connectivity index (χ2v) is 5.88. The predicted molar refractivity (Wildman–Crippen MR) is 82.3 cm³/mol. The molecule has 0 saturated carbocycles. The van der Waals surface area contributed by atoms with Crippen molar-refractivity contribution in [3.63, 3.8) is 0 Å². The van der Waals surface area contributed by atoms with E-state index in [0.717, 1.165) is 0 Å². The monoisotopic (exact) mass is 309 g/mol. The molecule has 0 aliphatic carbocycles. The van der Waals surface area contributed by atoms with Crippen molar-refractivity contribution in [3.05, 3.63) is 51.4 Å². The van der Waals surface area contributed by atoms with E-state index in [9.17, 15) is 4.79 Å². The number of nitrogens with one attached hydrogen (secondary N) is 1. The van der Waals surface area contributed by atoms with Crippen molar-refractivity contribution in [2.45, 2.75) is 6.04 Å². The van der Waals surface area contributed by atoms with Crippen molar-refractivity contribution in [2.24, 2.45) is 0 Å². The van der Waals surface area contributed by atoms with Crippen LogP contribution >= 0.6 is 22.9 Å². The molecule has 1 unspecified atom stereocenters. The lowest BCUT2D eigenvalue weighted by Crippen LogP contribution is -2.34. The van der Waals surface area contributed by atoms with E-state index < -0.39 is 0 Å². The van der Waals surface area contributed by atoms with Crippen molar-refractivity contribution in [1.82, 2.24) is 15.2 Å². The highest BCUT2D eigenvalue weighted by molar-refractivity contribution is 7.10. The van der Waals surface area contributed by atoms with Gasteiger partial charge in [-0.05, 0) is 37.7 Å². The van der Waals surface area contributed by atoms with Gasteiger partial charge in [0, 0.05) is 17.6 Å². The average Bonchev–Trinajstić information content (AvgIpc) is 2.92. The smallest absolute Gasteiger partial charge is 0.254 e. The Bertz CT molecular complexity index is 572. The van der Waals surface area contributed by atoms with Crippen molar-refractivity contribution in [2.75, 3.05) is 20.6 Å². The zero-order chi connectivity index (χ0) is 14.5. The maximum atomic E-state index is 12.1. The molecule has 2 heterocycles. The maximum Gasteiger partial charge on any atom is 0.254 e. The molecule has 0 radical (unpaired) electrons. The van der Waals surface area contributed by atoms with Crippen LogP contribution in [0.5, 0.6) is 0 Å². The summed E-state index contributed by atoms with van der Waals surface area (Å²) in [6.45, 7) is 0.525. The highest BCUT2D eigenvalue weighted by Crippen LogP contribution is 2.22. The third kappa shape index (κ3) is 3.56. The molecule has 1 N–H and O–H groups in total. The zero-order valence-corrected chi connectivity index (χ0v) is 12.9. The van der Waals surface area contributed by atoms with Crippen LogP contribution in [-0.4, -0.2) is 36.4 Å². The number of aromatic nitrogens is 1. The number of likely N-dealkylation sites (N-methyl/N-ethyl adjacent to an activating group) is 1. The first-order chi connectivity index (χ1) is 9.59. The summed E-state index contributed by atoms with van der Waals surface area (Å²) in [6.07, 6.45) is 1.56. The number of carbonyl (C=O) groups is 1. The molecule has 0 spiro atoms. The van der Waals surface area contributed by atoms with Crippen LogP contribution in [0.25, 0.3) is 0 Å². The van der Waals surface area contributed by atoms with E-state index in [2.05, 4.69) is 21.3 Å². The average molecular weight is 310 g/mol. The molecule has 6 heteroatoms. The number of carbonyl (C=O) groups excluding carboxylic acids is 1. The Balaban J connectivity index is 2.03. The fraction of sp³-hybridized carbons (Fsp3) is 0.286. The second kappa shape index (κ2) is 6.83. The minimum absolute atomic E-state index is 0.148. The van der Waals surface area contributed by atoms with Gasteiger partial charge in [0.25, 0.3) is 5.91 Å². The van der Waals surface area contributed by atoms with Gasteiger partial charge >= 0.3 is 0 Å². The molecular formula is C14H16ClN3OS. The predicted octanol–water partition coefficient (Wildman–Crippen LogP) is 2.83. The summed E-state index contributed by atoms with van der Waals surface area (Å²) >= 11 is 7.59. The van der Waals surface area contributed by atoms with E-state index in [1.165, 1.54) is 4.88 Å². The SMILES string of the molecule is CN(C)C(CNC(=O)c1cccnc1Cl)c1cccs1. The van der Waals surface area contributed by atoms with Crippen LogP contribution in [0.4, 0.5) is 0 Å². The fourth-order valence-corrected chi connectivity index (χ4v) is 2.99. The lowest BCUT2D eigenvalue weighted by atomic mass is 10.2. The first-order valence-electron chi connectivity index (χ1n) is 6.18. The third-order valence-corrected chi connectivity index (χ3v) is 4.23. The summed E-state index contributed by atoms with van der Waals surface area (Å²) in [7, 11) is 3.99. The van der Waals surface area contributed by atoms with E-state index in [1.807, 2.05) is 25.5 Å². The van der Waals surface area contributed by atoms with Gasteiger partial charge in [0.2, 0.25) is 0 Å². The Morgan fingerprint density at radius 1 is 1.45 bits per heavy atom. The number of rotatable bonds is 5. The van der Waals surface area contributed by atoms with Gasteiger partial charge in [-0.15, -0.1) is 11.3 Å². The molecule has 1 amide bonds. The molecule has 0 bridgehead atoms. The topological polar surface area (TPSA) is 45.2 Å². The largest absolute Gasteiger partial charge is 0.350 e. The summed E-state index contributed by atoms with van der Waals surface area (Å²) in [5.74, 6) is -0.202. The quantitative estimate of drug-likeness (QED) is 0.864. The highest BCUT2D eigenvalue weighted by Gasteiger charge is 2.17. The summed E-state index contributed by atoms with van der Waals surface area (Å²) in [5.41, 5.74) is 0.401. The Morgan fingerprint density at radius 3 is 2.85 bits per heavy atom. The van der Waals surface area contributed by atoms with Gasteiger partial charge in [0.1, 0.15) is 5.15 Å². The summed E-state index contributed by atoms with van der Waals surface area (Å²) in [6, 6.07) is 7.59. The standard InChI is InChI=1S/C14H16ClN3OS/c1-18(2)11(12-6-4-8-20-12)9-17-14(19)10-5-3-7-16-13(10)15/h3-8,11H,9H2,1-2H3,(H,17,19). The van der Waals surface area contributed by atoms with Crippen molar-refractivity contribution in [1.29, 1.82) is 0 Å². The molecule has 20 heavy (non-hydrogen) atoms. The number of pyridine rings is 1. The summed E-state index contributed by atoms with van der Waals surface area (Å²) in [4.78, 5) is 19.3. The van der Waals surface area contributed by atoms with Crippen molar-refractivity contribution in [3.8, 4) is 0 Å². The third-order valence-electron chi connectivity index (χ3n) is 2.95. The van der Waals surface area contributed by atoms with Crippen LogP contribution in [0.1, 0.15) is 21.3 Å². The molecule has 0 saturated heterocycles. The number of amides is 1. The van der Waals surface area contributed by atoms with Crippen LogP contribution in [0, 0.1) is 0 Å². The first kappa shape index (κ1) is 15.0. The van der Waals surface area contributed by atoms with E-state index in [1.54, 1.807) is 29.7 Å². The summed E-state index contributed by atoms with van der Waals surface area (Å²) in [5, 5.41) is 5.17. The molecule has 0 fully saturated rings. The second-order valence-electron chi connectivity index (χ2n) is 4.55. The fourth-order valence-electron chi connectivity index (χ4n) is 1.86. The number of nitrogens with zero attached hydrogens (tertiary/aromatic N) is 2. The van der Waals surface area contributed by atoms with Crippen molar-refractivity contribution >= 4 is 28.8 Å². The Kier molecular flexibility index (Phi) is 5.11. The number of thiophene rings is 1. The first-order valence-corrected chi connectivity index (χ1v) is 7.44. The number of halogens is 1. The number of hydrogen-bond acceptors (Lipinski definition) is 4. The lowest BCUT2D eigenvalue weighted by Gasteiger charge is -2.23. The van der Waals surface area contributed by atoms with Gasteiger partial charge in [0.05, 0.1) is 11.6 Å². The molecule has 2 aromatic rings. The maximum absolute atomic E-state index is 12.1. The molecule has 0 aliphatic rings. The Morgan fingerprint density at radius 2 is 2.25 bits per heavy atom. The van der Waals surface area contributed by atoms with Gasteiger partial charge in [-0.1, -0.05) is 17.7 Å². The van der Waals surface area contributed by atoms with Gasteiger partial charge in [-0.2, -0.15) is 0 Å². The van der Waals surface area contributed by atoms with Crippen LogP contribution in [0.15, 0.2) is 35.8 Å². The van der Waals surface area contributed by atoms with Gasteiger partial charge < -0.3 is 10.2 Å². The molecule has 2 rings (SSSR count). The van der Waals surface area contributed by atoms with E-state index in [0.29, 0.717) is 12.1 Å². The molecule has 2 aromatic heterocycles. The van der Waals surface area contributed by atoms with E-state index >= 15 is 0 Å². The Labute approximate surface area is 127 Å². The Hall–Kier alpha value is -1.43. The highest BCUT2D eigenvalue weighted by atomic mass is 35.5.